The number of hydrogen-bond donors (Lipinski definition) is 1. The molecule has 2 aromatic heterocycles. The molecule has 0 atom stereocenters. The molecular formula is C15H12N2O4. The lowest BCUT2D eigenvalue weighted by molar-refractivity contribution is -0.384. The minimum absolute atomic E-state index is 0.0511. The Kier molecular flexibility index (Phi) is 3.06. The Morgan fingerprint density at radius 1 is 1.33 bits per heavy atom. The number of H-pyrrole nitrogens is 1. The maximum absolute atomic E-state index is 12.4. The van der Waals surface area contributed by atoms with Gasteiger partial charge in [0.05, 0.1) is 10.5 Å². The van der Waals surface area contributed by atoms with E-state index in [-0.39, 0.29) is 17.2 Å². The fourth-order valence-corrected chi connectivity index (χ4v) is 2.23. The summed E-state index contributed by atoms with van der Waals surface area (Å²) in [6.07, 6.45) is 2.25. The molecule has 0 radical (unpaired) electrons. The van der Waals surface area contributed by atoms with Gasteiger partial charge in [-0.3, -0.25) is 14.9 Å². The molecule has 21 heavy (non-hydrogen) atoms. The molecule has 3 aromatic rings. The summed E-state index contributed by atoms with van der Waals surface area (Å²) >= 11 is 0. The first-order chi connectivity index (χ1) is 10.1. The van der Waals surface area contributed by atoms with Gasteiger partial charge >= 0.3 is 0 Å². The Bertz CT molecular complexity index is 844. The second kappa shape index (κ2) is 4.90. The third kappa shape index (κ3) is 2.20. The third-order valence-electron chi connectivity index (χ3n) is 3.35. The van der Waals surface area contributed by atoms with Crippen molar-refractivity contribution in [3.63, 3.8) is 0 Å². The molecule has 0 fully saturated rings. The van der Waals surface area contributed by atoms with Crippen molar-refractivity contribution < 1.29 is 14.1 Å². The molecule has 0 aliphatic carbocycles. The van der Waals surface area contributed by atoms with Gasteiger partial charge in [-0.15, -0.1) is 0 Å². The van der Waals surface area contributed by atoms with Crippen LogP contribution in [0.3, 0.4) is 0 Å². The van der Waals surface area contributed by atoms with Gasteiger partial charge in [0.1, 0.15) is 5.76 Å². The van der Waals surface area contributed by atoms with Crippen LogP contribution in [0.2, 0.25) is 0 Å². The molecule has 106 valence electrons. The van der Waals surface area contributed by atoms with Crippen molar-refractivity contribution in [1.82, 2.24) is 4.98 Å². The van der Waals surface area contributed by atoms with Gasteiger partial charge in [0, 0.05) is 35.7 Å². The highest BCUT2D eigenvalue weighted by Crippen LogP contribution is 2.26. The molecule has 0 unspecified atom stereocenters. The highest BCUT2D eigenvalue weighted by Gasteiger charge is 2.19. The topological polar surface area (TPSA) is 89.1 Å². The summed E-state index contributed by atoms with van der Waals surface area (Å²) in [5.74, 6) is 0.671. The molecule has 0 aliphatic heterocycles. The summed E-state index contributed by atoms with van der Waals surface area (Å²) in [5, 5.41) is 11.4. The predicted octanol–water partition coefficient (Wildman–Crippen LogP) is 3.46. The predicted molar refractivity (Wildman–Crippen MR) is 76.5 cm³/mol. The van der Waals surface area contributed by atoms with Crippen molar-refractivity contribution in [1.29, 1.82) is 0 Å². The van der Waals surface area contributed by atoms with Crippen molar-refractivity contribution in [3.8, 4) is 0 Å². The number of nitrogens with zero attached hydrogens (tertiary/aromatic N) is 1. The van der Waals surface area contributed by atoms with E-state index in [2.05, 4.69) is 4.98 Å². The van der Waals surface area contributed by atoms with Crippen LogP contribution in [-0.2, 0) is 6.42 Å². The zero-order valence-electron chi connectivity index (χ0n) is 11.3. The highest BCUT2D eigenvalue weighted by molar-refractivity contribution is 6.15. The van der Waals surface area contributed by atoms with Crippen LogP contribution >= 0.6 is 0 Å². The van der Waals surface area contributed by atoms with Crippen molar-refractivity contribution in [2.45, 2.75) is 13.3 Å². The number of nitrogens with one attached hydrogen (secondary N) is 1. The van der Waals surface area contributed by atoms with Crippen molar-refractivity contribution >= 4 is 22.4 Å². The standard InChI is InChI=1S/C15H12N2O4/c1-2-10-4-6-14(21-10)15(18)12-8-16-13-5-3-9(17(19)20)7-11(12)13/h3-8,16H,2H2,1H3. The average molecular weight is 284 g/mol. The largest absolute Gasteiger partial charge is 0.458 e. The van der Waals surface area contributed by atoms with Gasteiger partial charge < -0.3 is 9.40 Å². The summed E-state index contributed by atoms with van der Waals surface area (Å²) in [6.45, 7) is 1.93. The van der Waals surface area contributed by atoms with E-state index >= 15 is 0 Å². The van der Waals surface area contributed by atoms with E-state index in [1.54, 1.807) is 24.4 Å². The molecular weight excluding hydrogens is 272 g/mol. The summed E-state index contributed by atoms with van der Waals surface area (Å²) in [4.78, 5) is 25.8. The molecule has 2 heterocycles. The van der Waals surface area contributed by atoms with E-state index in [1.165, 1.54) is 12.1 Å². The number of nitro benzene ring substituents is 1. The molecule has 1 aromatic carbocycles. The second-order valence-corrected chi connectivity index (χ2v) is 4.64. The minimum Gasteiger partial charge on any atom is -0.458 e. The molecule has 0 spiro atoms. The summed E-state index contributed by atoms with van der Waals surface area (Å²) < 4.78 is 5.45. The number of aromatic nitrogens is 1. The lowest BCUT2D eigenvalue weighted by Crippen LogP contribution is -1.98. The van der Waals surface area contributed by atoms with Crippen LogP contribution < -0.4 is 0 Å². The third-order valence-corrected chi connectivity index (χ3v) is 3.35. The molecule has 6 heteroatoms. The number of furan rings is 1. The quantitative estimate of drug-likeness (QED) is 0.451. The van der Waals surface area contributed by atoms with Gasteiger partial charge in [0.25, 0.3) is 5.69 Å². The number of nitro groups is 1. The van der Waals surface area contributed by atoms with E-state index in [4.69, 9.17) is 4.42 Å². The van der Waals surface area contributed by atoms with E-state index in [0.29, 0.717) is 22.9 Å². The van der Waals surface area contributed by atoms with Crippen molar-refractivity contribution in [2.24, 2.45) is 0 Å². The number of fused-ring (bicyclic) bond motifs is 1. The minimum atomic E-state index is -0.483. The van der Waals surface area contributed by atoms with E-state index < -0.39 is 4.92 Å². The second-order valence-electron chi connectivity index (χ2n) is 4.64. The molecule has 0 saturated heterocycles. The van der Waals surface area contributed by atoms with Gasteiger partial charge in [-0.1, -0.05) is 6.92 Å². The number of carbonyl (C=O) groups excluding carboxylic acids is 1. The Morgan fingerprint density at radius 3 is 2.81 bits per heavy atom. The Balaban J connectivity index is 2.09. The van der Waals surface area contributed by atoms with E-state index in [9.17, 15) is 14.9 Å². The number of hydrogen-bond acceptors (Lipinski definition) is 4. The van der Waals surface area contributed by atoms with Crippen molar-refractivity contribution in [3.05, 3.63) is 63.7 Å². The summed E-state index contributed by atoms with van der Waals surface area (Å²) in [7, 11) is 0. The van der Waals surface area contributed by atoms with Gasteiger partial charge in [-0.05, 0) is 18.2 Å². The van der Waals surface area contributed by atoms with Crippen LogP contribution in [-0.4, -0.2) is 15.7 Å². The molecule has 0 bridgehead atoms. The molecule has 0 amide bonds. The fraction of sp³-hybridized carbons (Fsp3) is 0.133. The molecule has 6 nitrogen and oxygen atoms in total. The van der Waals surface area contributed by atoms with Crippen LogP contribution in [0.15, 0.2) is 40.9 Å². The first-order valence-corrected chi connectivity index (χ1v) is 6.49. The fourth-order valence-electron chi connectivity index (χ4n) is 2.23. The number of ketones is 1. The monoisotopic (exact) mass is 284 g/mol. The van der Waals surface area contributed by atoms with Crippen LogP contribution in [0.1, 0.15) is 28.8 Å². The zero-order chi connectivity index (χ0) is 15.0. The molecule has 1 N–H and O–H groups in total. The number of rotatable bonds is 4. The Hall–Kier alpha value is -2.89. The number of carbonyl (C=O) groups is 1. The maximum atomic E-state index is 12.4. The lowest BCUT2D eigenvalue weighted by Gasteiger charge is -1.97. The van der Waals surface area contributed by atoms with Crippen LogP contribution in [0, 0.1) is 10.1 Å². The van der Waals surface area contributed by atoms with Crippen LogP contribution in [0.4, 0.5) is 5.69 Å². The highest BCUT2D eigenvalue weighted by atomic mass is 16.6. The average Bonchev–Trinajstić information content (AvgIpc) is 3.12. The molecule has 0 aliphatic rings. The Morgan fingerprint density at radius 2 is 2.14 bits per heavy atom. The number of aryl methyl sites for hydroxylation is 1. The number of non-ortho nitro benzene ring substituents is 1. The Labute approximate surface area is 119 Å². The summed E-state index contributed by atoms with van der Waals surface area (Å²) in [6, 6.07) is 7.75. The molecule has 0 saturated carbocycles. The zero-order valence-corrected chi connectivity index (χ0v) is 11.3. The first-order valence-electron chi connectivity index (χ1n) is 6.49. The van der Waals surface area contributed by atoms with E-state index in [1.807, 2.05) is 6.92 Å². The maximum Gasteiger partial charge on any atom is 0.270 e. The first kappa shape index (κ1) is 13.1. The van der Waals surface area contributed by atoms with Gasteiger partial charge in [-0.2, -0.15) is 0 Å². The van der Waals surface area contributed by atoms with Gasteiger partial charge in [0.15, 0.2) is 5.76 Å². The van der Waals surface area contributed by atoms with E-state index in [0.717, 1.165) is 5.76 Å². The number of aromatic amines is 1. The van der Waals surface area contributed by atoms with Gasteiger partial charge in [0.2, 0.25) is 5.78 Å². The smallest absolute Gasteiger partial charge is 0.270 e. The normalized spacial score (nSPS) is 10.9. The lowest BCUT2D eigenvalue weighted by atomic mass is 10.1. The van der Waals surface area contributed by atoms with Crippen LogP contribution in [0.5, 0.6) is 0 Å². The SMILES string of the molecule is CCc1ccc(C(=O)c2c[nH]c3ccc([N+](=O)[O-])cc23)o1. The number of benzene rings is 1. The molecule has 3 rings (SSSR count). The summed E-state index contributed by atoms with van der Waals surface area (Å²) in [5.41, 5.74) is 0.988. The van der Waals surface area contributed by atoms with Crippen molar-refractivity contribution in [2.75, 3.05) is 0 Å². The van der Waals surface area contributed by atoms with Gasteiger partial charge in [-0.25, -0.2) is 0 Å². The van der Waals surface area contributed by atoms with Crippen LogP contribution in [0.25, 0.3) is 10.9 Å².